The Morgan fingerprint density at radius 3 is 2.55 bits per heavy atom. The van der Waals surface area contributed by atoms with E-state index in [1.807, 2.05) is 0 Å². The van der Waals surface area contributed by atoms with Crippen LogP contribution in [0.15, 0.2) is 42.5 Å². The van der Waals surface area contributed by atoms with Crippen molar-refractivity contribution in [2.75, 3.05) is 0 Å². The van der Waals surface area contributed by atoms with E-state index in [0.29, 0.717) is 6.04 Å². The molecule has 2 atom stereocenters. The summed E-state index contributed by atoms with van der Waals surface area (Å²) in [5.74, 6) is 6.45. The van der Waals surface area contributed by atoms with Crippen LogP contribution in [0.5, 0.6) is 0 Å². The summed E-state index contributed by atoms with van der Waals surface area (Å²) in [5, 5.41) is 2.61. The zero-order valence-corrected chi connectivity index (χ0v) is 12.6. The van der Waals surface area contributed by atoms with Gasteiger partial charge in [0.2, 0.25) is 0 Å². The third-order valence-corrected chi connectivity index (χ3v) is 4.00. The van der Waals surface area contributed by atoms with Crippen molar-refractivity contribution in [1.29, 1.82) is 0 Å². The van der Waals surface area contributed by atoms with Crippen LogP contribution >= 0.6 is 0 Å². The van der Waals surface area contributed by atoms with Crippen molar-refractivity contribution in [3.63, 3.8) is 0 Å². The van der Waals surface area contributed by atoms with Gasteiger partial charge in [0.1, 0.15) is 0 Å². The number of nitrogens with two attached hydrogens (primary N) is 1. The molecule has 0 saturated heterocycles. The highest BCUT2D eigenvalue weighted by atomic mass is 15.2. The van der Waals surface area contributed by atoms with Gasteiger partial charge in [0.15, 0.2) is 0 Å². The lowest BCUT2D eigenvalue weighted by Crippen LogP contribution is -2.38. The van der Waals surface area contributed by atoms with E-state index in [9.17, 15) is 0 Å². The van der Waals surface area contributed by atoms with E-state index in [-0.39, 0.29) is 0 Å². The fraction of sp³-hybridized carbons (Fsp3) is 0.444. The average molecular weight is 270 g/mol. The summed E-state index contributed by atoms with van der Waals surface area (Å²) in [6, 6.07) is 15.6. The van der Waals surface area contributed by atoms with Crippen molar-refractivity contribution in [1.82, 2.24) is 5.43 Å². The lowest BCUT2D eigenvalue weighted by molar-refractivity contribution is 0.385. The summed E-state index contributed by atoms with van der Waals surface area (Å²) in [5.41, 5.74) is 4.34. The van der Waals surface area contributed by atoms with Crippen LogP contribution in [0.25, 0.3) is 10.8 Å². The van der Waals surface area contributed by atoms with E-state index in [4.69, 9.17) is 5.84 Å². The van der Waals surface area contributed by atoms with Gasteiger partial charge in [-0.15, -0.1) is 0 Å². The molecule has 0 heterocycles. The highest BCUT2D eigenvalue weighted by Crippen LogP contribution is 2.19. The van der Waals surface area contributed by atoms with Crippen LogP contribution < -0.4 is 11.3 Å². The quantitative estimate of drug-likeness (QED) is 0.588. The Labute approximate surface area is 122 Å². The fourth-order valence-electron chi connectivity index (χ4n) is 2.96. The standard InChI is InChI=1S/C18H26N2/c1-3-6-14(2)11-18(20-19)13-15-9-10-16-7-4-5-8-17(16)12-15/h4-5,7-10,12,14,18,20H,3,6,11,13,19H2,1-2H3. The summed E-state index contributed by atoms with van der Waals surface area (Å²) >= 11 is 0. The molecule has 2 aromatic rings. The van der Waals surface area contributed by atoms with Gasteiger partial charge in [-0.05, 0) is 35.1 Å². The SMILES string of the molecule is CCCC(C)CC(Cc1ccc2ccccc2c1)NN. The summed E-state index contributed by atoms with van der Waals surface area (Å²) in [4.78, 5) is 0. The number of nitrogens with one attached hydrogen (secondary N) is 1. The topological polar surface area (TPSA) is 38.0 Å². The number of hydrazine groups is 1. The molecule has 20 heavy (non-hydrogen) atoms. The summed E-state index contributed by atoms with van der Waals surface area (Å²) in [6.45, 7) is 4.55. The Morgan fingerprint density at radius 2 is 1.85 bits per heavy atom. The number of hydrogen-bond acceptors (Lipinski definition) is 2. The van der Waals surface area contributed by atoms with Gasteiger partial charge in [0.05, 0.1) is 0 Å². The molecule has 0 bridgehead atoms. The zero-order chi connectivity index (χ0) is 14.4. The second kappa shape index (κ2) is 7.41. The van der Waals surface area contributed by atoms with Crippen molar-refractivity contribution in [3.05, 3.63) is 48.0 Å². The molecule has 0 fully saturated rings. The second-order valence-electron chi connectivity index (χ2n) is 5.88. The zero-order valence-electron chi connectivity index (χ0n) is 12.6. The summed E-state index contributed by atoms with van der Waals surface area (Å²) in [7, 11) is 0. The van der Waals surface area contributed by atoms with E-state index < -0.39 is 0 Å². The summed E-state index contributed by atoms with van der Waals surface area (Å²) < 4.78 is 0. The first-order valence-corrected chi connectivity index (χ1v) is 7.66. The van der Waals surface area contributed by atoms with E-state index in [1.165, 1.54) is 29.2 Å². The molecule has 2 nitrogen and oxygen atoms in total. The normalized spacial score (nSPS) is 14.3. The Hall–Kier alpha value is -1.38. The Kier molecular flexibility index (Phi) is 5.57. The molecule has 0 radical (unpaired) electrons. The first kappa shape index (κ1) is 15.0. The maximum absolute atomic E-state index is 5.73. The molecule has 3 N–H and O–H groups in total. The van der Waals surface area contributed by atoms with Gasteiger partial charge in [-0.25, -0.2) is 0 Å². The van der Waals surface area contributed by atoms with Crippen molar-refractivity contribution >= 4 is 10.8 Å². The van der Waals surface area contributed by atoms with Gasteiger partial charge in [0, 0.05) is 6.04 Å². The Morgan fingerprint density at radius 1 is 1.10 bits per heavy atom. The number of fused-ring (bicyclic) bond motifs is 1. The molecule has 0 spiro atoms. The third-order valence-electron chi connectivity index (χ3n) is 4.00. The van der Waals surface area contributed by atoms with Gasteiger partial charge < -0.3 is 0 Å². The molecule has 0 aliphatic heterocycles. The van der Waals surface area contributed by atoms with Gasteiger partial charge >= 0.3 is 0 Å². The van der Waals surface area contributed by atoms with Crippen LogP contribution in [0, 0.1) is 5.92 Å². The molecule has 0 amide bonds. The molecule has 2 unspecified atom stereocenters. The molecule has 0 aromatic heterocycles. The van der Waals surface area contributed by atoms with E-state index in [1.54, 1.807) is 0 Å². The van der Waals surface area contributed by atoms with Gasteiger partial charge in [-0.3, -0.25) is 11.3 Å². The summed E-state index contributed by atoms with van der Waals surface area (Å²) in [6.07, 6.45) is 4.65. The maximum Gasteiger partial charge on any atom is 0.0253 e. The molecule has 0 aliphatic carbocycles. The lowest BCUT2D eigenvalue weighted by atomic mass is 9.93. The number of benzene rings is 2. The minimum Gasteiger partial charge on any atom is -0.271 e. The van der Waals surface area contributed by atoms with Gasteiger partial charge in [-0.2, -0.15) is 0 Å². The number of hydrogen-bond donors (Lipinski definition) is 2. The molecule has 2 aromatic carbocycles. The van der Waals surface area contributed by atoms with Crippen LogP contribution in [-0.2, 0) is 6.42 Å². The van der Waals surface area contributed by atoms with E-state index in [0.717, 1.165) is 18.8 Å². The smallest absolute Gasteiger partial charge is 0.0253 e. The Bertz CT molecular complexity index is 536. The van der Waals surface area contributed by atoms with Crippen LogP contribution in [0.1, 0.15) is 38.7 Å². The minimum absolute atomic E-state index is 0.359. The van der Waals surface area contributed by atoms with Crippen LogP contribution in [-0.4, -0.2) is 6.04 Å². The number of rotatable bonds is 7. The first-order valence-electron chi connectivity index (χ1n) is 7.66. The van der Waals surface area contributed by atoms with Crippen molar-refractivity contribution in [2.24, 2.45) is 11.8 Å². The molecule has 108 valence electrons. The third kappa shape index (κ3) is 4.06. The van der Waals surface area contributed by atoms with Gasteiger partial charge in [0.25, 0.3) is 0 Å². The minimum atomic E-state index is 0.359. The molecular formula is C18H26N2. The van der Waals surface area contributed by atoms with Crippen LogP contribution in [0.3, 0.4) is 0 Å². The fourth-order valence-corrected chi connectivity index (χ4v) is 2.96. The molecular weight excluding hydrogens is 244 g/mol. The Balaban J connectivity index is 2.05. The van der Waals surface area contributed by atoms with Gasteiger partial charge in [-0.1, -0.05) is 69.2 Å². The van der Waals surface area contributed by atoms with Crippen LogP contribution in [0.2, 0.25) is 0 Å². The largest absolute Gasteiger partial charge is 0.271 e. The molecule has 0 saturated carbocycles. The monoisotopic (exact) mass is 270 g/mol. The molecule has 2 heteroatoms. The highest BCUT2D eigenvalue weighted by molar-refractivity contribution is 5.82. The van der Waals surface area contributed by atoms with Crippen molar-refractivity contribution in [3.8, 4) is 0 Å². The van der Waals surface area contributed by atoms with Crippen molar-refractivity contribution in [2.45, 2.75) is 45.6 Å². The average Bonchev–Trinajstić information content (AvgIpc) is 2.46. The highest BCUT2D eigenvalue weighted by Gasteiger charge is 2.12. The molecule has 0 aliphatic rings. The van der Waals surface area contributed by atoms with Crippen molar-refractivity contribution < 1.29 is 0 Å². The second-order valence-corrected chi connectivity index (χ2v) is 5.88. The predicted molar refractivity (Wildman–Crippen MR) is 87.5 cm³/mol. The maximum atomic E-state index is 5.73. The lowest BCUT2D eigenvalue weighted by Gasteiger charge is -2.20. The first-order chi connectivity index (χ1) is 9.72. The van der Waals surface area contributed by atoms with E-state index in [2.05, 4.69) is 61.7 Å². The van der Waals surface area contributed by atoms with Crippen LogP contribution in [0.4, 0.5) is 0 Å². The van der Waals surface area contributed by atoms with E-state index >= 15 is 0 Å². The molecule has 2 rings (SSSR count). The predicted octanol–water partition coefficient (Wildman–Crippen LogP) is 4.04.